The van der Waals surface area contributed by atoms with E-state index >= 15 is 0 Å². The Kier molecular flexibility index (Phi) is 6.74. The number of benzene rings is 3. The van der Waals surface area contributed by atoms with Crippen molar-refractivity contribution in [1.29, 1.82) is 0 Å². The second kappa shape index (κ2) is 9.45. The topological polar surface area (TPSA) is 84.5 Å². The second-order valence-corrected chi connectivity index (χ2v) is 8.39. The molecule has 0 saturated heterocycles. The third kappa shape index (κ3) is 5.39. The molecule has 156 valence electrons. The molecule has 0 radical (unpaired) electrons. The minimum absolute atomic E-state index is 0.102. The van der Waals surface area contributed by atoms with Crippen LogP contribution in [0.4, 0.5) is 11.4 Å². The Hall–Kier alpha value is -3.32. The lowest BCUT2D eigenvalue weighted by molar-refractivity contribution is -0.122. The zero-order valence-corrected chi connectivity index (χ0v) is 17.6. The van der Waals surface area contributed by atoms with Crippen LogP contribution in [0.2, 0.25) is 0 Å². The van der Waals surface area contributed by atoms with Crippen LogP contribution < -0.4 is 14.8 Å². The average molecular weight is 425 g/mol. The molecular weight excluding hydrogens is 400 g/mol. The van der Waals surface area contributed by atoms with E-state index in [1.807, 2.05) is 31.2 Å². The molecule has 2 N–H and O–H groups in total. The Balaban J connectivity index is 1.64. The Morgan fingerprint density at radius 2 is 1.53 bits per heavy atom. The molecule has 30 heavy (non-hydrogen) atoms. The predicted molar refractivity (Wildman–Crippen MR) is 118 cm³/mol. The van der Waals surface area contributed by atoms with E-state index in [2.05, 4.69) is 10.0 Å². The van der Waals surface area contributed by atoms with E-state index in [1.165, 1.54) is 12.1 Å². The maximum atomic E-state index is 12.5. The van der Waals surface area contributed by atoms with E-state index in [-0.39, 0.29) is 10.8 Å². The Morgan fingerprint density at radius 3 is 2.20 bits per heavy atom. The number of carbonyl (C=O) groups is 1. The SMILES string of the molecule is CCc1ccccc1O[C@@H](C)C(=O)Nc1ccc(S(=O)(=O)Nc2ccccc2)cc1. The minimum Gasteiger partial charge on any atom is -0.481 e. The van der Waals surface area contributed by atoms with E-state index in [9.17, 15) is 13.2 Å². The number of hydrogen-bond donors (Lipinski definition) is 2. The number of hydrogen-bond acceptors (Lipinski definition) is 4. The fraction of sp³-hybridized carbons (Fsp3) is 0.174. The largest absolute Gasteiger partial charge is 0.481 e. The summed E-state index contributed by atoms with van der Waals surface area (Å²) >= 11 is 0. The fourth-order valence-corrected chi connectivity index (χ4v) is 3.90. The summed E-state index contributed by atoms with van der Waals surface area (Å²) < 4.78 is 33.3. The molecule has 0 aliphatic rings. The Morgan fingerprint density at radius 1 is 0.900 bits per heavy atom. The number of nitrogens with one attached hydrogen (secondary N) is 2. The van der Waals surface area contributed by atoms with Crippen LogP contribution >= 0.6 is 0 Å². The van der Waals surface area contributed by atoms with Gasteiger partial charge >= 0.3 is 0 Å². The van der Waals surface area contributed by atoms with Crippen molar-refractivity contribution in [3.8, 4) is 5.75 Å². The van der Waals surface area contributed by atoms with Gasteiger partial charge in [-0.2, -0.15) is 0 Å². The highest BCUT2D eigenvalue weighted by Crippen LogP contribution is 2.21. The average Bonchev–Trinajstić information content (AvgIpc) is 2.75. The van der Waals surface area contributed by atoms with Crippen molar-refractivity contribution in [1.82, 2.24) is 0 Å². The van der Waals surface area contributed by atoms with Crippen molar-refractivity contribution in [2.24, 2.45) is 0 Å². The van der Waals surface area contributed by atoms with Gasteiger partial charge in [-0.25, -0.2) is 8.42 Å². The lowest BCUT2D eigenvalue weighted by Crippen LogP contribution is -2.30. The third-order valence-electron chi connectivity index (χ3n) is 4.48. The van der Waals surface area contributed by atoms with E-state index in [0.717, 1.165) is 12.0 Å². The highest BCUT2D eigenvalue weighted by molar-refractivity contribution is 7.92. The van der Waals surface area contributed by atoms with Gasteiger partial charge in [0, 0.05) is 11.4 Å². The van der Waals surface area contributed by atoms with Crippen molar-refractivity contribution in [2.45, 2.75) is 31.3 Å². The highest BCUT2D eigenvalue weighted by atomic mass is 32.2. The molecule has 0 aromatic heterocycles. The molecule has 0 heterocycles. The number of anilines is 2. The predicted octanol–water partition coefficient (Wildman–Crippen LogP) is 4.46. The summed E-state index contributed by atoms with van der Waals surface area (Å²) in [6.07, 6.45) is 0.0955. The molecule has 0 spiro atoms. The van der Waals surface area contributed by atoms with Crippen molar-refractivity contribution in [3.05, 3.63) is 84.4 Å². The molecule has 0 aliphatic carbocycles. The molecule has 0 saturated carbocycles. The molecule has 0 bridgehead atoms. The first kappa shape index (κ1) is 21.4. The first-order valence-electron chi connectivity index (χ1n) is 9.62. The first-order valence-corrected chi connectivity index (χ1v) is 11.1. The lowest BCUT2D eigenvalue weighted by Gasteiger charge is -2.17. The smallest absolute Gasteiger partial charge is 0.265 e. The molecule has 0 aliphatic heterocycles. The standard InChI is InChI=1S/C23H24N2O4S/c1-3-18-9-7-8-12-22(18)29-17(2)23(26)24-19-13-15-21(16-14-19)30(27,28)25-20-10-5-4-6-11-20/h4-17,25H,3H2,1-2H3,(H,24,26)/t17-/m0/s1. The fourth-order valence-electron chi connectivity index (χ4n) is 2.84. The number of ether oxygens (including phenoxy) is 1. The van der Waals surface area contributed by atoms with Gasteiger partial charge in [0.1, 0.15) is 5.75 Å². The van der Waals surface area contributed by atoms with E-state index < -0.39 is 16.1 Å². The van der Waals surface area contributed by atoms with Gasteiger partial charge in [-0.3, -0.25) is 9.52 Å². The van der Waals surface area contributed by atoms with Gasteiger partial charge in [0.15, 0.2) is 6.10 Å². The molecule has 0 unspecified atom stereocenters. The second-order valence-electron chi connectivity index (χ2n) is 6.71. The van der Waals surface area contributed by atoms with Crippen LogP contribution in [0, 0.1) is 0 Å². The normalized spacial score (nSPS) is 12.1. The molecule has 0 fully saturated rings. The summed E-state index contributed by atoms with van der Waals surface area (Å²) in [7, 11) is -3.71. The Labute approximate surface area is 177 Å². The molecular formula is C23H24N2O4S. The molecule has 1 amide bonds. The van der Waals surface area contributed by atoms with Gasteiger partial charge in [0.25, 0.3) is 15.9 Å². The van der Waals surface area contributed by atoms with E-state index in [0.29, 0.717) is 17.1 Å². The molecule has 3 aromatic rings. The van der Waals surface area contributed by atoms with Gasteiger partial charge in [0.2, 0.25) is 0 Å². The molecule has 7 heteroatoms. The quantitative estimate of drug-likeness (QED) is 0.559. The number of sulfonamides is 1. The van der Waals surface area contributed by atoms with Crippen molar-refractivity contribution in [2.75, 3.05) is 10.0 Å². The van der Waals surface area contributed by atoms with Crippen molar-refractivity contribution in [3.63, 3.8) is 0 Å². The van der Waals surface area contributed by atoms with Crippen LogP contribution in [0.3, 0.4) is 0 Å². The highest BCUT2D eigenvalue weighted by Gasteiger charge is 2.18. The van der Waals surface area contributed by atoms with Crippen LogP contribution in [0.25, 0.3) is 0 Å². The number of rotatable bonds is 8. The van der Waals surface area contributed by atoms with Crippen molar-refractivity contribution < 1.29 is 17.9 Å². The summed E-state index contributed by atoms with van der Waals surface area (Å²) in [6.45, 7) is 3.69. The lowest BCUT2D eigenvalue weighted by atomic mass is 10.1. The summed E-state index contributed by atoms with van der Waals surface area (Å²) in [5, 5.41) is 2.75. The number of aryl methyl sites for hydroxylation is 1. The molecule has 3 aromatic carbocycles. The first-order chi connectivity index (χ1) is 14.4. The Bertz CT molecular complexity index is 1100. The summed E-state index contributed by atoms with van der Waals surface area (Å²) in [4.78, 5) is 12.6. The summed E-state index contributed by atoms with van der Waals surface area (Å²) in [5.74, 6) is 0.356. The molecule has 6 nitrogen and oxygen atoms in total. The van der Waals surface area contributed by atoms with Crippen molar-refractivity contribution >= 4 is 27.3 Å². The zero-order chi connectivity index (χ0) is 21.6. The molecule has 1 atom stereocenters. The maximum Gasteiger partial charge on any atom is 0.265 e. The van der Waals surface area contributed by atoms with Crippen LogP contribution in [-0.2, 0) is 21.2 Å². The number of para-hydroxylation sites is 2. The minimum atomic E-state index is -3.71. The van der Waals surface area contributed by atoms with Gasteiger partial charge < -0.3 is 10.1 Å². The van der Waals surface area contributed by atoms with Gasteiger partial charge in [-0.1, -0.05) is 43.3 Å². The number of carbonyl (C=O) groups excluding carboxylic acids is 1. The molecule has 3 rings (SSSR count). The summed E-state index contributed by atoms with van der Waals surface area (Å²) in [6, 6.07) is 22.2. The monoisotopic (exact) mass is 424 g/mol. The summed E-state index contributed by atoms with van der Waals surface area (Å²) in [5.41, 5.74) is 1.99. The zero-order valence-electron chi connectivity index (χ0n) is 16.8. The van der Waals surface area contributed by atoms with Crippen LogP contribution in [0.15, 0.2) is 83.8 Å². The number of amides is 1. The van der Waals surface area contributed by atoms with Gasteiger partial charge in [-0.15, -0.1) is 0 Å². The van der Waals surface area contributed by atoms with Gasteiger partial charge in [-0.05, 0) is 61.4 Å². The van der Waals surface area contributed by atoms with Crippen LogP contribution in [-0.4, -0.2) is 20.4 Å². The third-order valence-corrected chi connectivity index (χ3v) is 5.88. The van der Waals surface area contributed by atoms with Gasteiger partial charge in [0.05, 0.1) is 4.90 Å². The van der Waals surface area contributed by atoms with E-state index in [1.54, 1.807) is 49.4 Å². The maximum absolute atomic E-state index is 12.5. The van der Waals surface area contributed by atoms with Crippen LogP contribution in [0.1, 0.15) is 19.4 Å². The van der Waals surface area contributed by atoms with E-state index in [4.69, 9.17) is 4.74 Å². The van der Waals surface area contributed by atoms with Crippen LogP contribution in [0.5, 0.6) is 5.75 Å².